The first-order valence-electron chi connectivity index (χ1n) is 24.5. The zero-order valence-corrected chi connectivity index (χ0v) is 40.6. The van der Waals surface area contributed by atoms with Crippen molar-refractivity contribution in [3.8, 4) is 0 Å². The summed E-state index contributed by atoms with van der Waals surface area (Å²) in [5.74, 6) is -0.885. The second-order valence-electron chi connectivity index (χ2n) is 17.7. The minimum atomic E-state index is -4.40. The lowest BCUT2D eigenvalue weighted by Crippen LogP contribution is -2.37. The molecule has 0 aromatic heterocycles. The zero-order valence-electron chi connectivity index (χ0n) is 39.8. The van der Waals surface area contributed by atoms with E-state index in [1.807, 2.05) is 51.5 Å². The summed E-state index contributed by atoms with van der Waals surface area (Å²) in [6.45, 7) is 4.24. The van der Waals surface area contributed by atoms with Crippen LogP contribution in [0.1, 0.15) is 200 Å². The van der Waals surface area contributed by atoms with Crippen molar-refractivity contribution in [1.82, 2.24) is 0 Å². The minimum absolute atomic E-state index is 0.0157. The molecule has 10 nitrogen and oxygen atoms in total. The standard InChI is InChI=1S/C50H92NO9P/c1-6-8-10-11-12-13-14-15-16-17-18-19-20-21-24-28-31-34-38-42-50(54)60-48(46-59-61(55,56)58-44-43-51(3,4)5)45-57-49(53)41-37-33-30-27-25-22-23-26-29-32-36-40-47(52)39-35-9-7-2/h22-23,27,29-30,32,36,40,47-48,52H,6-21,24-26,28,31,33-35,37-39,41-46H2,1-5H3/p+1/b23-22-,30-27-,32-29-,40-36+/t47-,48-/m1/s1. The van der Waals surface area contributed by atoms with E-state index in [0.29, 0.717) is 30.3 Å². The number of nitrogens with zero attached hydrogens (tertiary/aromatic N) is 1. The van der Waals surface area contributed by atoms with E-state index in [1.165, 1.54) is 96.3 Å². The van der Waals surface area contributed by atoms with Crippen LogP contribution in [0, 0.1) is 0 Å². The van der Waals surface area contributed by atoms with Crippen molar-refractivity contribution in [1.29, 1.82) is 0 Å². The number of quaternary nitrogens is 1. The quantitative estimate of drug-likeness (QED) is 0.0153. The number of hydrogen-bond donors (Lipinski definition) is 2. The second kappa shape index (κ2) is 41.9. The molecule has 3 atom stereocenters. The van der Waals surface area contributed by atoms with E-state index in [-0.39, 0.29) is 32.2 Å². The van der Waals surface area contributed by atoms with Crippen LogP contribution in [-0.2, 0) is 32.7 Å². The predicted octanol–water partition coefficient (Wildman–Crippen LogP) is 13.2. The first-order valence-corrected chi connectivity index (χ1v) is 26.0. The maximum atomic E-state index is 12.7. The Morgan fingerprint density at radius 2 is 1.08 bits per heavy atom. The van der Waals surface area contributed by atoms with Crippen LogP contribution in [0.5, 0.6) is 0 Å². The average Bonchev–Trinajstić information content (AvgIpc) is 3.21. The van der Waals surface area contributed by atoms with Crippen LogP contribution in [0.25, 0.3) is 0 Å². The molecule has 2 N–H and O–H groups in total. The third-order valence-corrected chi connectivity index (χ3v) is 11.5. The van der Waals surface area contributed by atoms with Crippen molar-refractivity contribution in [2.75, 3.05) is 47.5 Å². The Balaban J connectivity index is 4.39. The molecule has 0 fully saturated rings. The number of ether oxygens (including phenoxy) is 2. The molecule has 0 amide bonds. The third kappa shape index (κ3) is 45.8. The van der Waals surface area contributed by atoms with Gasteiger partial charge < -0.3 is 24.0 Å². The fourth-order valence-corrected chi connectivity index (χ4v) is 7.33. The van der Waals surface area contributed by atoms with Crippen molar-refractivity contribution in [3.63, 3.8) is 0 Å². The summed E-state index contributed by atoms with van der Waals surface area (Å²) in [4.78, 5) is 35.5. The fraction of sp³-hybridized carbons (Fsp3) is 0.800. The van der Waals surface area contributed by atoms with Gasteiger partial charge in [-0.15, -0.1) is 0 Å². The Labute approximate surface area is 374 Å². The van der Waals surface area contributed by atoms with Gasteiger partial charge in [0.25, 0.3) is 0 Å². The number of phosphoric ester groups is 1. The number of hydrogen-bond acceptors (Lipinski definition) is 8. The summed E-state index contributed by atoms with van der Waals surface area (Å²) in [7, 11) is 1.42. The number of carbonyl (C=O) groups excluding carboxylic acids is 2. The van der Waals surface area contributed by atoms with Crippen LogP contribution in [0.2, 0.25) is 0 Å². The smallest absolute Gasteiger partial charge is 0.462 e. The Hall–Kier alpha value is -2.07. The molecule has 0 aliphatic carbocycles. The van der Waals surface area contributed by atoms with Gasteiger partial charge in [0.15, 0.2) is 6.10 Å². The van der Waals surface area contributed by atoms with E-state index >= 15 is 0 Å². The van der Waals surface area contributed by atoms with Crippen LogP contribution < -0.4 is 0 Å². The molecule has 0 bridgehead atoms. The average molecular weight is 883 g/mol. The maximum Gasteiger partial charge on any atom is 0.472 e. The summed E-state index contributed by atoms with van der Waals surface area (Å²) in [5, 5.41) is 9.91. The Kier molecular flexibility index (Phi) is 40.5. The SMILES string of the molecule is CCCCCCCCCCCCCCCCCCCCCC(=O)O[C@H](COC(=O)CCC/C=C\C/C=C\C/C=C\C=C\[C@H](O)CCCCC)COP(=O)(O)OCC[N+](C)(C)C. The highest BCUT2D eigenvalue weighted by atomic mass is 31.2. The van der Waals surface area contributed by atoms with Gasteiger partial charge in [-0.05, 0) is 38.5 Å². The molecule has 11 heteroatoms. The number of rotatable bonds is 44. The van der Waals surface area contributed by atoms with Gasteiger partial charge in [0.2, 0.25) is 0 Å². The van der Waals surface area contributed by atoms with Crippen molar-refractivity contribution < 1.29 is 47.2 Å². The van der Waals surface area contributed by atoms with E-state index in [2.05, 4.69) is 32.1 Å². The van der Waals surface area contributed by atoms with Crippen LogP contribution >= 0.6 is 7.82 Å². The number of aliphatic hydroxyl groups excluding tert-OH is 1. The van der Waals surface area contributed by atoms with E-state index in [0.717, 1.165) is 57.8 Å². The molecule has 356 valence electrons. The first kappa shape index (κ1) is 58.9. The third-order valence-electron chi connectivity index (χ3n) is 10.5. The molecule has 0 heterocycles. The van der Waals surface area contributed by atoms with Gasteiger partial charge in [-0.3, -0.25) is 18.6 Å². The largest absolute Gasteiger partial charge is 0.472 e. The molecule has 0 saturated heterocycles. The Bertz CT molecular complexity index is 1200. The molecule has 0 saturated carbocycles. The first-order chi connectivity index (χ1) is 29.4. The number of phosphoric acid groups is 1. The molecule has 61 heavy (non-hydrogen) atoms. The lowest BCUT2D eigenvalue weighted by Gasteiger charge is -2.24. The fourth-order valence-electron chi connectivity index (χ4n) is 6.59. The number of aliphatic hydroxyl groups is 1. The van der Waals surface area contributed by atoms with Gasteiger partial charge in [-0.2, -0.15) is 0 Å². The van der Waals surface area contributed by atoms with E-state index in [9.17, 15) is 24.2 Å². The van der Waals surface area contributed by atoms with Gasteiger partial charge in [-0.25, -0.2) is 4.57 Å². The summed E-state index contributed by atoms with van der Waals surface area (Å²) in [6, 6.07) is 0. The van der Waals surface area contributed by atoms with E-state index in [1.54, 1.807) is 0 Å². The number of esters is 2. The molecule has 0 spiro atoms. The molecule has 0 aliphatic heterocycles. The van der Waals surface area contributed by atoms with Crippen LogP contribution in [0.3, 0.4) is 0 Å². The summed E-state index contributed by atoms with van der Waals surface area (Å²) >= 11 is 0. The van der Waals surface area contributed by atoms with E-state index < -0.39 is 32.5 Å². The molecule has 1 unspecified atom stereocenters. The van der Waals surface area contributed by atoms with Gasteiger partial charge in [0.1, 0.15) is 19.8 Å². The van der Waals surface area contributed by atoms with Crippen molar-refractivity contribution >= 4 is 19.8 Å². The highest BCUT2D eigenvalue weighted by Crippen LogP contribution is 2.43. The summed E-state index contributed by atoms with van der Waals surface area (Å²) in [5.41, 5.74) is 0. The molecule has 0 radical (unpaired) electrons. The number of unbranched alkanes of at least 4 members (excludes halogenated alkanes) is 21. The van der Waals surface area contributed by atoms with Crippen molar-refractivity contribution in [2.45, 2.75) is 212 Å². The molecule has 0 aromatic rings. The Morgan fingerprint density at radius 3 is 1.64 bits per heavy atom. The van der Waals surface area contributed by atoms with Gasteiger partial charge in [-0.1, -0.05) is 197 Å². The van der Waals surface area contributed by atoms with E-state index in [4.69, 9.17) is 18.5 Å². The van der Waals surface area contributed by atoms with Crippen LogP contribution in [0.15, 0.2) is 48.6 Å². The topological polar surface area (TPSA) is 129 Å². The summed E-state index contributed by atoms with van der Waals surface area (Å²) in [6.07, 6.45) is 46.4. The van der Waals surface area contributed by atoms with Gasteiger partial charge in [0.05, 0.1) is 33.9 Å². The molecular weight excluding hydrogens is 790 g/mol. The molecular formula is C50H93NO9P+. The second-order valence-corrected chi connectivity index (χ2v) is 19.2. The molecule has 0 rings (SSSR count). The number of carbonyl (C=O) groups is 2. The van der Waals surface area contributed by atoms with Crippen LogP contribution in [-0.4, -0.2) is 86.1 Å². The maximum absolute atomic E-state index is 12.7. The highest BCUT2D eigenvalue weighted by Gasteiger charge is 2.27. The monoisotopic (exact) mass is 883 g/mol. The minimum Gasteiger partial charge on any atom is -0.462 e. The van der Waals surface area contributed by atoms with Gasteiger partial charge in [0, 0.05) is 12.8 Å². The molecule has 0 aromatic carbocycles. The highest BCUT2D eigenvalue weighted by molar-refractivity contribution is 7.47. The Morgan fingerprint density at radius 1 is 0.590 bits per heavy atom. The van der Waals surface area contributed by atoms with Gasteiger partial charge >= 0.3 is 19.8 Å². The lowest BCUT2D eigenvalue weighted by molar-refractivity contribution is -0.870. The molecule has 0 aliphatic rings. The lowest BCUT2D eigenvalue weighted by atomic mass is 10.0. The number of likely N-dealkylation sites (N-methyl/N-ethyl adjacent to an activating group) is 1. The summed E-state index contributed by atoms with van der Waals surface area (Å²) < 4.78 is 34.3. The predicted molar refractivity (Wildman–Crippen MR) is 253 cm³/mol. The number of allylic oxidation sites excluding steroid dienone is 7. The zero-order chi connectivity index (χ0) is 45.1. The van der Waals surface area contributed by atoms with Crippen LogP contribution in [0.4, 0.5) is 0 Å². The normalized spacial score (nSPS) is 14.4. The van der Waals surface area contributed by atoms with Crippen molar-refractivity contribution in [2.24, 2.45) is 0 Å². The van der Waals surface area contributed by atoms with Crippen molar-refractivity contribution in [3.05, 3.63) is 48.6 Å².